The average Bonchev–Trinajstić information content (AvgIpc) is 2.34. The molecule has 2 atom stereocenters. The summed E-state index contributed by atoms with van der Waals surface area (Å²) in [4.78, 5) is 2.16. The highest BCUT2D eigenvalue weighted by molar-refractivity contribution is 5.27. The van der Waals surface area contributed by atoms with Crippen molar-refractivity contribution in [3.8, 4) is 0 Å². The van der Waals surface area contributed by atoms with Gasteiger partial charge in [0.2, 0.25) is 0 Å². The van der Waals surface area contributed by atoms with Crippen LogP contribution in [0.1, 0.15) is 37.4 Å². The third-order valence-corrected chi connectivity index (χ3v) is 3.56. The molecule has 3 heteroatoms. The van der Waals surface area contributed by atoms with E-state index in [1.165, 1.54) is 6.07 Å². The number of halogens is 1. The maximum Gasteiger partial charge on any atom is 0.128 e. The van der Waals surface area contributed by atoms with Crippen LogP contribution in [-0.4, -0.2) is 25.0 Å². The first kappa shape index (κ1) is 15.1. The van der Waals surface area contributed by atoms with Crippen LogP contribution in [0.25, 0.3) is 0 Å². The maximum absolute atomic E-state index is 13.9. The van der Waals surface area contributed by atoms with Gasteiger partial charge in [-0.2, -0.15) is 0 Å². The van der Waals surface area contributed by atoms with Crippen LogP contribution in [-0.2, 0) is 0 Å². The van der Waals surface area contributed by atoms with Gasteiger partial charge in [0.1, 0.15) is 5.82 Å². The van der Waals surface area contributed by atoms with Crippen molar-refractivity contribution in [1.29, 1.82) is 0 Å². The van der Waals surface area contributed by atoms with Gasteiger partial charge in [-0.25, -0.2) is 4.39 Å². The fourth-order valence-corrected chi connectivity index (χ4v) is 2.21. The number of rotatable bonds is 6. The second-order valence-corrected chi connectivity index (χ2v) is 5.23. The lowest BCUT2D eigenvalue weighted by atomic mass is 10.0. The molecular formula is C15H25FN2. The molecule has 2 nitrogen and oxygen atoms in total. The Morgan fingerprint density at radius 1 is 1.39 bits per heavy atom. The first-order valence-electron chi connectivity index (χ1n) is 6.65. The summed E-state index contributed by atoms with van der Waals surface area (Å²) >= 11 is 0. The largest absolute Gasteiger partial charge is 0.329 e. The summed E-state index contributed by atoms with van der Waals surface area (Å²) in [6.45, 7) is 7.73. The molecule has 0 aliphatic rings. The Morgan fingerprint density at radius 3 is 2.61 bits per heavy atom. The third kappa shape index (κ3) is 3.79. The van der Waals surface area contributed by atoms with Crippen molar-refractivity contribution in [1.82, 2.24) is 4.90 Å². The van der Waals surface area contributed by atoms with Crippen molar-refractivity contribution in [3.63, 3.8) is 0 Å². The van der Waals surface area contributed by atoms with Crippen LogP contribution in [0.4, 0.5) is 4.39 Å². The molecule has 0 aromatic heterocycles. The first-order chi connectivity index (χ1) is 8.49. The second-order valence-electron chi connectivity index (χ2n) is 5.23. The molecule has 0 aliphatic heterocycles. The lowest BCUT2D eigenvalue weighted by Crippen LogP contribution is -2.34. The molecule has 0 amide bonds. The molecule has 1 aromatic rings. The maximum atomic E-state index is 13.9. The van der Waals surface area contributed by atoms with E-state index in [0.29, 0.717) is 18.0 Å². The number of hydrogen-bond donors (Lipinski definition) is 1. The van der Waals surface area contributed by atoms with Gasteiger partial charge in [-0.3, -0.25) is 4.90 Å². The van der Waals surface area contributed by atoms with Gasteiger partial charge in [-0.1, -0.05) is 38.0 Å². The predicted molar refractivity (Wildman–Crippen MR) is 75.0 cm³/mol. The highest BCUT2D eigenvalue weighted by Gasteiger charge is 2.20. The molecule has 0 aliphatic carbocycles. The van der Waals surface area contributed by atoms with Crippen molar-refractivity contribution in [2.75, 3.05) is 20.1 Å². The molecule has 0 bridgehead atoms. The summed E-state index contributed by atoms with van der Waals surface area (Å²) in [5.41, 5.74) is 7.62. The summed E-state index contributed by atoms with van der Waals surface area (Å²) < 4.78 is 13.9. The van der Waals surface area contributed by atoms with Gasteiger partial charge >= 0.3 is 0 Å². The Balaban J connectivity index is 2.91. The van der Waals surface area contributed by atoms with E-state index in [0.717, 1.165) is 18.5 Å². The van der Waals surface area contributed by atoms with Crippen molar-refractivity contribution >= 4 is 0 Å². The lowest BCUT2D eigenvalue weighted by Gasteiger charge is -2.30. The molecule has 2 unspecified atom stereocenters. The number of likely N-dealkylation sites (N-methyl/N-ethyl adjacent to an activating group) is 1. The Hall–Kier alpha value is -0.930. The van der Waals surface area contributed by atoms with Crippen LogP contribution >= 0.6 is 0 Å². The van der Waals surface area contributed by atoms with Gasteiger partial charge in [-0.15, -0.1) is 0 Å². The van der Waals surface area contributed by atoms with Gasteiger partial charge in [0.05, 0.1) is 0 Å². The van der Waals surface area contributed by atoms with Crippen molar-refractivity contribution in [3.05, 3.63) is 35.1 Å². The van der Waals surface area contributed by atoms with E-state index in [2.05, 4.69) is 18.7 Å². The van der Waals surface area contributed by atoms with Crippen LogP contribution < -0.4 is 5.73 Å². The van der Waals surface area contributed by atoms with Gasteiger partial charge in [0.15, 0.2) is 0 Å². The summed E-state index contributed by atoms with van der Waals surface area (Å²) in [7, 11) is 2.02. The monoisotopic (exact) mass is 252 g/mol. The molecule has 1 rings (SSSR count). The van der Waals surface area contributed by atoms with E-state index < -0.39 is 0 Å². The zero-order valence-corrected chi connectivity index (χ0v) is 11.9. The highest BCUT2D eigenvalue weighted by Crippen LogP contribution is 2.23. The van der Waals surface area contributed by atoms with Crippen LogP contribution in [0.15, 0.2) is 18.2 Å². The molecule has 0 heterocycles. The Bertz CT molecular complexity index is 379. The van der Waals surface area contributed by atoms with Crippen molar-refractivity contribution in [2.24, 2.45) is 11.7 Å². The molecule has 0 fully saturated rings. The van der Waals surface area contributed by atoms with Crippen molar-refractivity contribution < 1.29 is 4.39 Å². The quantitative estimate of drug-likeness (QED) is 0.843. The molecule has 102 valence electrons. The minimum absolute atomic E-state index is 0.0427. The Kier molecular flexibility index (Phi) is 5.76. The van der Waals surface area contributed by atoms with E-state index in [1.54, 1.807) is 6.07 Å². The second kappa shape index (κ2) is 6.86. The Labute approximate surface area is 110 Å². The van der Waals surface area contributed by atoms with Crippen LogP contribution in [0.2, 0.25) is 0 Å². The van der Waals surface area contributed by atoms with E-state index in [1.807, 2.05) is 20.0 Å². The number of hydrogen-bond acceptors (Lipinski definition) is 2. The molecule has 0 spiro atoms. The number of nitrogens with two attached hydrogens (primary N) is 1. The van der Waals surface area contributed by atoms with E-state index in [4.69, 9.17) is 5.73 Å². The van der Waals surface area contributed by atoms with Gasteiger partial charge < -0.3 is 5.73 Å². The molecule has 0 saturated heterocycles. The number of benzene rings is 1. The summed E-state index contributed by atoms with van der Waals surface area (Å²) in [5.74, 6) is 0.434. The fourth-order valence-electron chi connectivity index (χ4n) is 2.21. The molecule has 0 radical (unpaired) electrons. The number of nitrogens with zero attached hydrogens (tertiary/aromatic N) is 1. The standard InChI is InChI=1S/C15H25FN2/c1-5-11(2)10-18(4)15(9-17)13-8-12(3)6-7-14(13)16/h6-8,11,15H,5,9-10,17H2,1-4H3. The third-order valence-electron chi connectivity index (χ3n) is 3.56. The normalized spacial score (nSPS) is 14.8. The highest BCUT2D eigenvalue weighted by atomic mass is 19.1. The lowest BCUT2D eigenvalue weighted by molar-refractivity contribution is 0.211. The van der Waals surface area contributed by atoms with Crippen LogP contribution in [0.3, 0.4) is 0 Å². The molecule has 18 heavy (non-hydrogen) atoms. The van der Waals surface area contributed by atoms with Crippen LogP contribution in [0, 0.1) is 18.7 Å². The van der Waals surface area contributed by atoms with Gasteiger partial charge in [-0.05, 0) is 26.0 Å². The molecule has 1 aromatic carbocycles. The summed E-state index contributed by atoms with van der Waals surface area (Å²) in [6.07, 6.45) is 1.12. The molecule has 2 N–H and O–H groups in total. The predicted octanol–water partition coefficient (Wildman–Crippen LogP) is 3.11. The van der Waals surface area contributed by atoms with Gasteiger partial charge in [0, 0.05) is 24.7 Å². The fraction of sp³-hybridized carbons (Fsp3) is 0.600. The minimum Gasteiger partial charge on any atom is -0.329 e. The minimum atomic E-state index is -0.160. The molecular weight excluding hydrogens is 227 g/mol. The van der Waals surface area contributed by atoms with E-state index in [9.17, 15) is 4.39 Å². The van der Waals surface area contributed by atoms with E-state index >= 15 is 0 Å². The zero-order chi connectivity index (χ0) is 13.7. The SMILES string of the molecule is CCC(C)CN(C)C(CN)c1cc(C)ccc1F. The topological polar surface area (TPSA) is 29.3 Å². The smallest absolute Gasteiger partial charge is 0.128 e. The zero-order valence-electron chi connectivity index (χ0n) is 11.9. The average molecular weight is 252 g/mol. The van der Waals surface area contributed by atoms with E-state index in [-0.39, 0.29) is 11.9 Å². The van der Waals surface area contributed by atoms with Gasteiger partial charge in [0.25, 0.3) is 0 Å². The van der Waals surface area contributed by atoms with Crippen molar-refractivity contribution in [2.45, 2.75) is 33.2 Å². The number of aryl methyl sites for hydroxylation is 1. The molecule has 0 saturated carbocycles. The first-order valence-corrected chi connectivity index (χ1v) is 6.65. The van der Waals surface area contributed by atoms with Crippen LogP contribution in [0.5, 0.6) is 0 Å². The summed E-state index contributed by atoms with van der Waals surface area (Å²) in [6, 6.07) is 5.18. The Morgan fingerprint density at radius 2 is 2.06 bits per heavy atom. The summed E-state index contributed by atoms with van der Waals surface area (Å²) in [5, 5.41) is 0.